The summed E-state index contributed by atoms with van der Waals surface area (Å²) in [4.78, 5) is 8.06. The summed E-state index contributed by atoms with van der Waals surface area (Å²) in [6.45, 7) is 0.486. The van der Waals surface area contributed by atoms with E-state index < -0.39 is 0 Å². The molecule has 0 unspecified atom stereocenters. The van der Waals surface area contributed by atoms with Gasteiger partial charge in [0, 0.05) is 17.6 Å². The van der Waals surface area contributed by atoms with Crippen LogP contribution in [0.3, 0.4) is 0 Å². The van der Waals surface area contributed by atoms with E-state index in [0.717, 1.165) is 15.9 Å². The van der Waals surface area contributed by atoms with Crippen LogP contribution in [0.15, 0.2) is 41.1 Å². The Balaban J connectivity index is 2.02. The van der Waals surface area contributed by atoms with E-state index in [1.165, 1.54) is 6.33 Å². The minimum atomic E-state index is 0.486. The van der Waals surface area contributed by atoms with Gasteiger partial charge in [-0.05, 0) is 17.7 Å². The van der Waals surface area contributed by atoms with Gasteiger partial charge in [-0.25, -0.2) is 9.97 Å². The molecule has 1 aromatic heterocycles. The van der Waals surface area contributed by atoms with Gasteiger partial charge in [0.1, 0.15) is 18.8 Å². The normalized spacial score (nSPS) is 10.0. The number of benzene rings is 1. The van der Waals surface area contributed by atoms with Crippen molar-refractivity contribution in [2.24, 2.45) is 0 Å². The van der Waals surface area contributed by atoms with Crippen molar-refractivity contribution in [1.82, 2.24) is 9.97 Å². The van der Waals surface area contributed by atoms with Crippen molar-refractivity contribution in [3.63, 3.8) is 0 Å². The lowest BCUT2D eigenvalue weighted by atomic mass is 10.2. The average Bonchev–Trinajstić information content (AvgIpc) is 2.37. The van der Waals surface area contributed by atoms with Crippen LogP contribution in [0.25, 0.3) is 0 Å². The molecule has 0 saturated heterocycles. The molecule has 1 aromatic carbocycles. The third-order valence-corrected chi connectivity index (χ3v) is 2.67. The van der Waals surface area contributed by atoms with Crippen molar-refractivity contribution in [3.8, 4) is 5.88 Å². The Bertz CT molecular complexity index is 505. The topological polar surface area (TPSA) is 47.0 Å². The van der Waals surface area contributed by atoms with E-state index in [1.807, 2.05) is 24.3 Å². The highest BCUT2D eigenvalue weighted by molar-refractivity contribution is 9.10. The van der Waals surface area contributed by atoms with Gasteiger partial charge in [0.2, 0.25) is 5.88 Å². The summed E-state index contributed by atoms with van der Waals surface area (Å²) in [7, 11) is 1.81. The largest absolute Gasteiger partial charge is 0.473 e. The first-order valence-corrected chi connectivity index (χ1v) is 5.94. The van der Waals surface area contributed by atoms with Crippen molar-refractivity contribution in [2.75, 3.05) is 12.4 Å². The molecule has 0 aliphatic carbocycles. The zero-order valence-corrected chi connectivity index (χ0v) is 10.9. The van der Waals surface area contributed by atoms with Crippen LogP contribution in [-0.4, -0.2) is 17.0 Å². The summed E-state index contributed by atoms with van der Waals surface area (Å²) in [6, 6.07) is 9.73. The van der Waals surface area contributed by atoms with E-state index >= 15 is 0 Å². The van der Waals surface area contributed by atoms with Crippen LogP contribution in [-0.2, 0) is 6.61 Å². The predicted octanol–water partition coefficient (Wildman–Crippen LogP) is 2.86. The average molecular weight is 294 g/mol. The molecule has 0 spiro atoms. The summed E-state index contributed by atoms with van der Waals surface area (Å²) in [6.07, 6.45) is 1.47. The number of ether oxygens (including phenoxy) is 1. The van der Waals surface area contributed by atoms with Gasteiger partial charge in [-0.15, -0.1) is 0 Å². The van der Waals surface area contributed by atoms with Crippen LogP contribution in [0, 0.1) is 0 Å². The Hall–Kier alpha value is -1.62. The smallest absolute Gasteiger partial charge is 0.218 e. The van der Waals surface area contributed by atoms with Crippen molar-refractivity contribution in [2.45, 2.75) is 6.61 Å². The molecule has 88 valence electrons. The molecule has 0 fully saturated rings. The number of nitrogens with zero attached hydrogens (tertiary/aromatic N) is 2. The standard InChI is InChI=1S/C12H12BrN3O/c1-14-11-6-12(16-8-15-11)17-7-9-3-2-4-10(13)5-9/h2-6,8H,7H2,1H3,(H,14,15,16). The third-order valence-electron chi connectivity index (χ3n) is 2.17. The zero-order chi connectivity index (χ0) is 12.1. The number of hydrogen-bond acceptors (Lipinski definition) is 4. The van der Waals surface area contributed by atoms with Gasteiger partial charge in [-0.2, -0.15) is 0 Å². The van der Waals surface area contributed by atoms with Gasteiger partial charge in [0.05, 0.1) is 0 Å². The van der Waals surface area contributed by atoms with Crippen LogP contribution in [0.5, 0.6) is 5.88 Å². The monoisotopic (exact) mass is 293 g/mol. The molecule has 17 heavy (non-hydrogen) atoms. The summed E-state index contributed by atoms with van der Waals surface area (Å²) in [5.41, 5.74) is 1.09. The molecule has 0 aliphatic rings. The lowest BCUT2D eigenvalue weighted by Gasteiger charge is -2.06. The first kappa shape index (κ1) is 11.9. The second kappa shape index (κ2) is 5.63. The summed E-state index contributed by atoms with van der Waals surface area (Å²) >= 11 is 3.42. The first-order valence-electron chi connectivity index (χ1n) is 5.15. The minimum Gasteiger partial charge on any atom is -0.473 e. The molecule has 0 saturated carbocycles. The predicted molar refractivity (Wildman–Crippen MR) is 70.1 cm³/mol. The van der Waals surface area contributed by atoms with Gasteiger partial charge in [0.25, 0.3) is 0 Å². The molecule has 4 nitrogen and oxygen atoms in total. The zero-order valence-electron chi connectivity index (χ0n) is 9.35. The number of hydrogen-bond donors (Lipinski definition) is 1. The Morgan fingerprint density at radius 1 is 1.29 bits per heavy atom. The second-order valence-electron chi connectivity index (χ2n) is 3.41. The van der Waals surface area contributed by atoms with Crippen molar-refractivity contribution < 1.29 is 4.74 Å². The van der Waals surface area contributed by atoms with Crippen LogP contribution in [0.4, 0.5) is 5.82 Å². The number of anilines is 1. The summed E-state index contributed by atoms with van der Waals surface area (Å²) in [5, 5.41) is 2.94. The van der Waals surface area contributed by atoms with Gasteiger partial charge in [0.15, 0.2) is 0 Å². The van der Waals surface area contributed by atoms with Crippen LogP contribution in [0.1, 0.15) is 5.56 Å². The van der Waals surface area contributed by atoms with E-state index in [1.54, 1.807) is 13.1 Å². The Morgan fingerprint density at radius 2 is 2.18 bits per heavy atom. The molecule has 0 aliphatic heterocycles. The molecule has 2 aromatic rings. The van der Waals surface area contributed by atoms with Gasteiger partial charge >= 0.3 is 0 Å². The highest BCUT2D eigenvalue weighted by Crippen LogP contribution is 2.15. The molecular formula is C12H12BrN3O. The fourth-order valence-electron chi connectivity index (χ4n) is 1.34. The highest BCUT2D eigenvalue weighted by atomic mass is 79.9. The molecule has 2 rings (SSSR count). The second-order valence-corrected chi connectivity index (χ2v) is 4.33. The van der Waals surface area contributed by atoms with Crippen molar-refractivity contribution in [1.29, 1.82) is 0 Å². The summed E-state index contributed by atoms with van der Waals surface area (Å²) in [5.74, 6) is 1.30. The molecule has 0 atom stereocenters. The molecule has 5 heteroatoms. The van der Waals surface area contributed by atoms with Gasteiger partial charge < -0.3 is 10.1 Å². The molecule has 0 radical (unpaired) electrons. The maximum Gasteiger partial charge on any atom is 0.218 e. The molecular weight excluding hydrogens is 282 g/mol. The number of aromatic nitrogens is 2. The fraction of sp³-hybridized carbons (Fsp3) is 0.167. The minimum absolute atomic E-state index is 0.486. The maximum absolute atomic E-state index is 5.58. The van der Waals surface area contributed by atoms with Crippen LogP contribution >= 0.6 is 15.9 Å². The lowest BCUT2D eigenvalue weighted by Crippen LogP contribution is -1.99. The number of rotatable bonds is 4. The first-order chi connectivity index (χ1) is 8.28. The summed E-state index contributed by atoms with van der Waals surface area (Å²) < 4.78 is 6.62. The molecule has 0 bridgehead atoms. The molecule has 1 N–H and O–H groups in total. The number of halogens is 1. The van der Waals surface area contributed by atoms with Crippen LogP contribution in [0.2, 0.25) is 0 Å². The molecule has 0 amide bonds. The fourth-order valence-corrected chi connectivity index (χ4v) is 1.79. The number of nitrogens with one attached hydrogen (secondary N) is 1. The lowest BCUT2D eigenvalue weighted by molar-refractivity contribution is 0.293. The SMILES string of the molecule is CNc1cc(OCc2cccc(Br)c2)ncn1. The van der Waals surface area contributed by atoms with Crippen LogP contribution < -0.4 is 10.1 Å². The van der Waals surface area contributed by atoms with Crippen molar-refractivity contribution >= 4 is 21.7 Å². The van der Waals surface area contributed by atoms with E-state index in [-0.39, 0.29) is 0 Å². The van der Waals surface area contributed by atoms with Crippen molar-refractivity contribution in [3.05, 3.63) is 46.7 Å². The third kappa shape index (κ3) is 3.42. The van der Waals surface area contributed by atoms with Gasteiger partial charge in [-0.1, -0.05) is 28.1 Å². The Kier molecular flexibility index (Phi) is 3.93. The highest BCUT2D eigenvalue weighted by Gasteiger charge is 1.99. The van der Waals surface area contributed by atoms with Gasteiger partial charge in [-0.3, -0.25) is 0 Å². The van der Waals surface area contributed by atoms with E-state index in [9.17, 15) is 0 Å². The van der Waals surface area contributed by atoms with E-state index in [4.69, 9.17) is 4.74 Å². The molecule has 1 heterocycles. The van der Waals surface area contributed by atoms with E-state index in [0.29, 0.717) is 12.5 Å². The quantitative estimate of drug-likeness (QED) is 0.942. The maximum atomic E-state index is 5.58. The van der Waals surface area contributed by atoms with E-state index in [2.05, 4.69) is 31.2 Å². The Morgan fingerprint density at radius 3 is 2.94 bits per heavy atom. The Labute approximate surface area is 108 Å².